The Morgan fingerprint density at radius 1 is 1.00 bits per heavy atom. The van der Waals surface area contributed by atoms with E-state index >= 15 is 0 Å². The van der Waals surface area contributed by atoms with Gasteiger partial charge in [0.05, 0.1) is 11.6 Å². The first-order valence-electron chi connectivity index (χ1n) is 7.63. The molecule has 6 nitrogen and oxygen atoms in total. The lowest BCUT2D eigenvalue weighted by molar-refractivity contribution is 0.102. The number of carbonyl (C=O) groups excluding carboxylic acids is 1. The first kappa shape index (κ1) is 16.1. The van der Waals surface area contributed by atoms with Gasteiger partial charge in [-0.1, -0.05) is 18.2 Å². The molecule has 0 saturated heterocycles. The summed E-state index contributed by atoms with van der Waals surface area (Å²) in [4.78, 5) is 12.2. The molecule has 25 heavy (non-hydrogen) atoms. The van der Waals surface area contributed by atoms with Gasteiger partial charge in [-0.25, -0.2) is 0 Å². The van der Waals surface area contributed by atoms with Crippen LogP contribution in [0.15, 0.2) is 60.7 Å². The number of rotatable bonds is 4. The molecular weight excluding hydrogens is 314 g/mol. The fourth-order valence-corrected chi connectivity index (χ4v) is 2.19. The zero-order valence-corrected chi connectivity index (χ0v) is 13.5. The molecule has 1 heterocycles. The number of para-hydroxylation sites is 1. The van der Waals surface area contributed by atoms with Gasteiger partial charge in [-0.2, -0.15) is 5.26 Å². The third-order valence-corrected chi connectivity index (χ3v) is 3.58. The Morgan fingerprint density at radius 2 is 1.76 bits per heavy atom. The van der Waals surface area contributed by atoms with Crippen LogP contribution in [0.3, 0.4) is 0 Å². The maximum Gasteiger partial charge on any atom is 0.276 e. The zero-order chi connectivity index (χ0) is 17.6. The number of carbonyl (C=O) groups is 1. The summed E-state index contributed by atoms with van der Waals surface area (Å²) in [6, 6.07) is 19.8. The molecule has 122 valence electrons. The molecule has 0 aliphatic heterocycles. The highest BCUT2D eigenvalue weighted by Crippen LogP contribution is 2.18. The van der Waals surface area contributed by atoms with Crippen molar-refractivity contribution in [2.45, 2.75) is 6.92 Å². The Bertz CT molecular complexity index is 927. The van der Waals surface area contributed by atoms with Crippen molar-refractivity contribution in [2.24, 2.45) is 0 Å². The number of hydrogen-bond acceptors (Lipinski definition) is 5. The zero-order valence-electron chi connectivity index (χ0n) is 13.5. The van der Waals surface area contributed by atoms with Crippen molar-refractivity contribution in [3.05, 3.63) is 77.5 Å². The number of nitrogens with zero attached hydrogens (tertiary/aromatic N) is 3. The van der Waals surface area contributed by atoms with E-state index < -0.39 is 0 Å². The highest BCUT2D eigenvalue weighted by Gasteiger charge is 2.09. The Hall–Kier alpha value is -3.72. The number of aromatic nitrogens is 2. The average Bonchev–Trinajstić information content (AvgIpc) is 2.65. The molecule has 1 amide bonds. The number of hydrogen-bond donors (Lipinski definition) is 2. The lowest BCUT2D eigenvalue weighted by Gasteiger charge is -2.08. The smallest absolute Gasteiger partial charge is 0.276 e. The molecule has 0 aliphatic rings. The van der Waals surface area contributed by atoms with Crippen LogP contribution in [0.2, 0.25) is 0 Å². The van der Waals surface area contributed by atoms with Crippen molar-refractivity contribution in [1.29, 1.82) is 5.26 Å². The summed E-state index contributed by atoms with van der Waals surface area (Å²) < 4.78 is 0. The molecule has 2 N–H and O–H groups in total. The van der Waals surface area contributed by atoms with Crippen molar-refractivity contribution >= 4 is 23.1 Å². The SMILES string of the molecule is Cc1ccccc1Nc1ccc(C(=O)Nc2ccc(C#N)cc2)nn1. The Labute approximate surface area is 145 Å². The minimum Gasteiger partial charge on any atom is -0.339 e. The molecule has 3 rings (SSSR count). The van der Waals surface area contributed by atoms with Crippen LogP contribution in [0.4, 0.5) is 17.2 Å². The summed E-state index contributed by atoms with van der Waals surface area (Å²) in [5, 5.41) is 22.7. The molecule has 1 aromatic heterocycles. The van der Waals surface area contributed by atoms with Gasteiger partial charge in [-0.3, -0.25) is 4.79 Å². The Kier molecular flexibility index (Phi) is 4.67. The second-order valence-corrected chi connectivity index (χ2v) is 5.39. The maximum atomic E-state index is 12.2. The second kappa shape index (κ2) is 7.23. The molecule has 0 radical (unpaired) electrons. The average molecular weight is 329 g/mol. The molecule has 0 fully saturated rings. The van der Waals surface area contributed by atoms with Crippen LogP contribution in [-0.4, -0.2) is 16.1 Å². The summed E-state index contributed by atoms with van der Waals surface area (Å²) in [6.07, 6.45) is 0. The van der Waals surface area contributed by atoms with Crippen molar-refractivity contribution in [1.82, 2.24) is 10.2 Å². The van der Waals surface area contributed by atoms with E-state index in [1.165, 1.54) is 0 Å². The van der Waals surface area contributed by atoms with Gasteiger partial charge >= 0.3 is 0 Å². The molecular formula is C19H15N5O. The van der Waals surface area contributed by atoms with Crippen molar-refractivity contribution in [2.75, 3.05) is 10.6 Å². The van der Waals surface area contributed by atoms with Crippen LogP contribution in [0.1, 0.15) is 21.6 Å². The summed E-state index contributed by atoms with van der Waals surface area (Å²) in [5.74, 6) is 0.198. The van der Waals surface area contributed by atoms with Gasteiger partial charge in [-0.15, -0.1) is 10.2 Å². The first-order valence-corrected chi connectivity index (χ1v) is 7.63. The third-order valence-electron chi connectivity index (χ3n) is 3.58. The normalized spacial score (nSPS) is 9.92. The standard InChI is InChI=1S/C19H15N5O/c1-13-4-2-3-5-16(13)22-18-11-10-17(23-24-18)19(25)21-15-8-6-14(12-20)7-9-15/h2-11H,1H3,(H,21,25)(H,22,24). The topological polar surface area (TPSA) is 90.7 Å². The third kappa shape index (κ3) is 3.98. The molecule has 6 heteroatoms. The minimum atomic E-state index is -0.361. The molecule has 0 aliphatic carbocycles. The Balaban J connectivity index is 1.68. The first-order chi connectivity index (χ1) is 12.2. The van der Waals surface area contributed by atoms with Crippen LogP contribution in [0.25, 0.3) is 0 Å². The highest BCUT2D eigenvalue weighted by atomic mass is 16.1. The number of aryl methyl sites for hydroxylation is 1. The van der Waals surface area contributed by atoms with Crippen LogP contribution in [0, 0.1) is 18.3 Å². The van der Waals surface area contributed by atoms with Crippen molar-refractivity contribution in [3.8, 4) is 6.07 Å². The Morgan fingerprint density at radius 3 is 2.40 bits per heavy atom. The summed E-state index contributed by atoms with van der Waals surface area (Å²) in [7, 11) is 0. The highest BCUT2D eigenvalue weighted by molar-refractivity contribution is 6.02. The van der Waals surface area contributed by atoms with Gasteiger partial charge in [0.15, 0.2) is 11.5 Å². The molecule has 0 unspecified atom stereocenters. The van der Waals surface area contributed by atoms with Gasteiger partial charge in [0.25, 0.3) is 5.91 Å². The molecule has 3 aromatic rings. The molecule has 0 bridgehead atoms. The number of benzene rings is 2. The quantitative estimate of drug-likeness (QED) is 0.762. The van der Waals surface area contributed by atoms with E-state index in [0.717, 1.165) is 11.3 Å². The van der Waals surface area contributed by atoms with Crippen molar-refractivity contribution in [3.63, 3.8) is 0 Å². The number of anilines is 3. The lowest BCUT2D eigenvalue weighted by atomic mass is 10.2. The molecule has 0 atom stereocenters. The van der Waals surface area contributed by atoms with E-state index in [0.29, 0.717) is 17.1 Å². The fraction of sp³-hybridized carbons (Fsp3) is 0.0526. The molecule has 0 saturated carbocycles. The van der Waals surface area contributed by atoms with Gasteiger partial charge < -0.3 is 10.6 Å². The van der Waals surface area contributed by atoms with E-state index in [9.17, 15) is 4.79 Å². The van der Waals surface area contributed by atoms with Gasteiger partial charge in [-0.05, 0) is 55.0 Å². The second-order valence-electron chi connectivity index (χ2n) is 5.39. The predicted molar refractivity (Wildman–Crippen MR) is 95.6 cm³/mol. The monoisotopic (exact) mass is 329 g/mol. The van der Waals surface area contributed by atoms with E-state index in [2.05, 4.69) is 20.8 Å². The van der Waals surface area contributed by atoms with Crippen LogP contribution in [-0.2, 0) is 0 Å². The van der Waals surface area contributed by atoms with Gasteiger partial charge in [0, 0.05) is 11.4 Å². The van der Waals surface area contributed by atoms with Crippen LogP contribution < -0.4 is 10.6 Å². The summed E-state index contributed by atoms with van der Waals surface area (Å²) in [5.41, 5.74) is 3.36. The fourth-order valence-electron chi connectivity index (χ4n) is 2.19. The molecule has 0 spiro atoms. The number of nitrogens with one attached hydrogen (secondary N) is 2. The van der Waals surface area contributed by atoms with Gasteiger partial charge in [0.2, 0.25) is 0 Å². The van der Waals surface area contributed by atoms with E-state index in [1.807, 2.05) is 37.3 Å². The molecule has 2 aromatic carbocycles. The summed E-state index contributed by atoms with van der Waals surface area (Å²) in [6.45, 7) is 2.00. The van der Waals surface area contributed by atoms with E-state index in [4.69, 9.17) is 5.26 Å². The maximum absolute atomic E-state index is 12.2. The largest absolute Gasteiger partial charge is 0.339 e. The van der Waals surface area contributed by atoms with E-state index in [-0.39, 0.29) is 11.6 Å². The minimum absolute atomic E-state index is 0.208. The summed E-state index contributed by atoms with van der Waals surface area (Å²) >= 11 is 0. The van der Waals surface area contributed by atoms with Crippen molar-refractivity contribution < 1.29 is 4.79 Å². The lowest BCUT2D eigenvalue weighted by Crippen LogP contribution is -2.14. The van der Waals surface area contributed by atoms with Crippen LogP contribution in [0.5, 0.6) is 0 Å². The predicted octanol–water partition coefficient (Wildman–Crippen LogP) is 3.65. The number of amides is 1. The van der Waals surface area contributed by atoms with E-state index in [1.54, 1.807) is 36.4 Å². The van der Waals surface area contributed by atoms with Crippen LogP contribution >= 0.6 is 0 Å². The number of nitriles is 1. The van der Waals surface area contributed by atoms with Gasteiger partial charge in [0.1, 0.15) is 0 Å².